The normalized spacial score (nSPS) is 12.2. The summed E-state index contributed by atoms with van der Waals surface area (Å²) in [5, 5.41) is 3.09. The van der Waals surface area contributed by atoms with Gasteiger partial charge in [-0.15, -0.1) is 0 Å². The molecule has 0 atom stereocenters. The third-order valence-electron chi connectivity index (χ3n) is 5.14. The number of imide groups is 1. The van der Waals surface area contributed by atoms with Gasteiger partial charge in [0.1, 0.15) is 0 Å². The first-order chi connectivity index (χ1) is 15.0. The van der Waals surface area contributed by atoms with Crippen molar-refractivity contribution in [1.29, 1.82) is 0 Å². The lowest BCUT2D eigenvalue weighted by molar-refractivity contribution is 0.0925. The van der Waals surface area contributed by atoms with Gasteiger partial charge in [-0.25, -0.2) is 4.90 Å². The van der Waals surface area contributed by atoms with Crippen LogP contribution in [0.4, 0.5) is 11.4 Å². The van der Waals surface area contributed by atoms with Gasteiger partial charge in [0.25, 0.3) is 11.8 Å². The first-order valence-electron chi connectivity index (χ1n) is 10.4. The average molecular weight is 415 g/mol. The number of fused-ring (bicyclic) bond motifs is 1. The Bertz CT molecular complexity index is 1120. The van der Waals surface area contributed by atoms with E-state index in [1.165, 1.54) is 23.5 Å². The molecule has 0 saturated heterocycles. The summed E-state index contributed by atoms with van der Waals surface area (Å²) in [6, 6.07) is 20.2. The summed E-state index contributed by atoms with van der Waals surface area (Å²) in [5.74, 6) is -0.905. The Morgan fingerprint density at radius 1 is 0.806 bits per heavy atom. The predicted molar refractivity (Wildman–Crippen MR) is 124 cm³/mol. The van der Waals surface area contributed by atoms with Crippen molar-refractivity contribution < 1.29 is 14.4 Å². The quantitative estimate of drug-likeness (QED) is 0.452. The van der Waals surface area contributed by atoms with Crippen molar-refractivity contribution in [3.05, 3.63) is 94.5 Å². The maximum atomic E-state index is 12.8. The lowest BCUT2D eigenvalue weighted by Gasteiger charge is -2.14. The fourth-order valence-corrected chi connectivity index (χ4v) is 3.48. The Hall–Kier alpha value is -3.73. The number of benzene rings is 3. The monoisotopic (exact) mass is 414 g/mol. The molecule has 5 nitrogen and oxygen atoms in total. The van der Waals surface area contributed by atoms with E-state index in [1.807, 2.05) is 45.2 Å². The van der Waals surface area contributed by atoms with Gasteiger partial charge in [0, 0.05) is 18.3 Å². The second-order valence-electron chi connectivity index (χ2n) is 7.05. The molecular weight excluding hydrogens is 388 g/mol. The van der Waals surface area contributed by atoms with Crippen LogP contribution in [-0.2, 0) is 6.42 Å². The molecule has 0 fully saturated rings. The average Bonchev–Trinajstić information content (AvgIpc) is 3.06. The molecule has 2 amide bonds. The SMILES string of the molecule is CC.CNc1ccc(Cc2ccc(N3C(=O)c4ccc(C(C)=O)cc4C3=O)cc2)cc1. The molecule has 31 heavy (non-hydrogen) atoms. The van der Waals surface area contributed by atoms with Crippen LogP contribution in [0.15, 0.2) is 66.7 Å². The summed E-state index contributed by atoms with van der Waals surface area (Å²) in [6.07, 6.45) is 0.758. The molecule has 158 valence electrons. The minimum Gasteiger partial charge on any atom is -0.388 e. The number of hydrogen-bond acceptors (Lipinski definition) is 4. The Morgan fingerprint density at radius 3 is 1.90 bits per heavy atom. The highest BCUT2D eigenvalue weighted by molar-refractivity contribution is 6.34. The van der Waals surface area contributed by atoms with Gasteiger partial charge in [-0.2, -0.15) is 0 Å². The second kappa shape index (κ2) is 9.39. The molecule has 1 heterocycles. The summed E-state index contributed by atoms with van der Waals surface area (Å²) in [5.41, 5.74) is 4.87. The van der Waals surface area contributed by atoms with Gasteiger partial charge in [0.05, 0.1) is 16.8 Å². The first-order valence-corrected chi connectivity index (χ1v) is 10.4. The van der Waals surface area contributed by atoms with Crippen LogP contribution in [-0.4, -0.2) is 24.6 Å². The molecule has 0 radical (unpaired) electrons. The van der Waals surface area contributed by atoms with E-state index in [0.717, 1.165) is 17.7 Å². The summed E-state index contributed by atoms with van der Waals surface area (Å²) < 4.78 is 0. The van der Waals surface area contributed by atoms with E-state index in [0.29, 0.717) is 16.8 Å². The molecule has 3 aromatic rings. The highest BCUT2D eigenvalue weighted by atomic mass is 16.2. The van der Waals surface area contributed by atoms with Crippen LogP contribution < -0.4 is 10.2 Å². The van der Waals surface area contributed by atoms with Gasteiger partial charge in [0.2, 0.25) is 0 Å². The summed E-state index contributed by atoms with van der Waals surface area (Å²) in [4.78, 5) is 38.3. The van der Waals surface area contributed by atoms with Crippen LogP contribution in [0.2, 0.25) is 0 Å². The van der Waals surface area contributed by atoms with Crippen molar-refractivity contribution in [2.75, 3.05) is 17.3 Å². The van der Waals surface area contributed by atoms with Gasteiger partial charge >= 0.3 is 0 Å². The van der Waals surface area contributed by atoms with E-state index < -0.39 is 5.91 Å². The number of amides is 2. The number of Topliss-reactive ketones (excluding diaryl/α,β-unsaturated/α-hetero) is 1. The van der Waals surface area contributed by atoms with Crippen molar-refractivity contribution in [3.63, 3.8) is 0 Å². The maximum Gasteiger partial charge on any atom is 0.266 e. The third kappa shape index (κ3) is 4.40. The van der Waals surface area contributed by atoms with Gasteiger partial charge in [0.15, 0.2) is 5.78 Å². The number of nitrogens with one attached hydrogen (secondary N) is 1. The smallest absolute Gasteiger partial charge is 0.266 e. The van der Waals surface area contributed by atoms with Crippen molar-refractivity contribution in [2.45, 2.75) is 27.2 Å². The van der Waals surface area contributed by atoms with E-state index in [9.17, 15) is 14.4 Å². The Morgan fingerprint density at radius 2 is 1.35 bits per heavy atom. The Balaban J connectivity index is 0.00000132. The molecule has 0 bridgehead atoms. The van der Waals surface area contributed by atoms with Gasteiger partial charge < -0.3 is 5.32 Å². The Labute approximate surface area is 182 Å². The van der Waals surface area contributed by atoms with Crippen molar-refractivity contribution in [2.24, 2.45) is 0 Å². The number of anilines is 2. The largest absolute Gasteiger partial charge is 0.388 e. The number of hydrogen-bond donors (Lipinski definition) is 1. The fraction of sp³-hybridized carbons (Fsp3) is 0.192. The molecule has 0 saturated carbocycles. The van der Waals surface area contributed by atoms with E-state index >= 15 is 0 Å². The van der Waals surface area contributed by atoms with E-state index in [4.69, 9.17) is 0 Å². The molecule has 1 aliphatic rings. The molecule has 4 rings (SSSR count). The van der Waals surface area contributed by atoms with Crippen LogP contribution in [0, 0.1) is 0 Å². The zero-order valence-corrected chi connectivity index (χ0v) is 18.2. The van der Waals surface area contributed by atoms with Crippen LogP contribution >= 0.6 is 0 Å². The number of carbonyl (C=O) groups excluding carboxylic acids is 3. The lowest BCUT2D eigenvalue weighted by atomic mass is 10.0. The van der Waals surface area contributed by atoms with Crippen molar-refractivity contribution in [1.82, 2.24) is 0 Å². The molecule has 0 aliphatic carbocycles. The minimum absolute atomic E-state index is 0.140. The second-order valence-corrected chi connectivity index (χ2v) is 7.05. The number of rotatable bonds is 5. The minimum atomic E-state index is -0.400. The van der Waals surface area contributed by atoms with Crippen LogP contribution in [0.5, 0.6) is 0 Å². The topological polar surface area (TPSA) is 66.5 Å². The van der Waals surface area contributed by atoms with Crippen LogP contribution in [0.1, 0.15) is 63.0 Å². The highest BCUT2D eigenvalue weighted by Gasteiger charge is 2.36. The fourth-order valence-electron chi connectivity index (χ4n) is 3.48. The highest BCUT2D eigenvalue weighted by Crippen LogP contribution is 2.29. The molecule has 1 aliphatic heterocycles. The van der Waals surface area contributed by atoms with E-state index in [2.05, 4.69) is 17.4 Å². The molecule has 1 N–H and O–H groups in total. The lowest BCUT2D eigenvalue weighted by Crippen LogP contribution is -2.29. The summed E-state index contributed by atoms with van der Waals surface area (Å²) in [6.45, 7) is 5.44. The van der Waals surface area contributed by atoms with Gasteiger partial charge in [-0.3, -0.25) is 14.4 Å². The molecular formula is C26H26N2O3. The number of ketones is 1. The van der Waals surface area contributed by atoms with Crippen molar-refractivity contribution >= 4 is 29.0 Å². The van der Waals surface area contributed by atoms with Gasteiger partial charge in [-0.1, -0.05) is 44.2 Å². The third-order valence-corrected chi connectivity index (χ3v) is 5.14. The van der Waals surface area contributed by atoms with Crippen LogP contribution in [0.25, 0.3) is 0 Å². The van der Waals surface area contributed by atoms with Crippen molar-refractivity contribution in [3.8, 4) is 0 Å². The zero-order chi connectivity index (χ0) is 22.5. The first kappa shape index (κ1) is 22.0. The summed E-state index contributed by atoms with van der Waals surface area (Å²) >= 11 is 0. The number of carbonyl (C=O) groups is 3. The van der Waals surface area contributed by atoms with Crippen LogP contribution in [0.3, 0.4) is 0 Å². The standard InChI is InChI=1S/C24H20N2O3.C2H6/c1-15(27)18-7-12-21-22(14-18)24(29)26(23(21)28)20-10-5-17(6-11-20)13-16-3-8-19(25-2)9-4-16;1-2/h3-12,14,25H,13H2,1-2H3;1-2H3. The molecule has 0 aromatic heterocycles. The summed E-state index contributed by atoms with van der Waals surface area (Å²) in [7, 11) is 1.88. The van der Waals surface area contributed by atoms with E-state index in [1.54, 1.807) is 24.3 Å². The van der Waals surface area contributed by atoms with Gasteiger partial charge in [-0.05, 0) is 60.9 Å². The molecule has 3 aromatic carbocycles. The zero-order valence-electron chi connectivity index (χ0n) is 18.2. The Kier molecular flexibility index (Phi) is 6.65. The molecule has 0 unspecified atom stereocenters. The predicted octanol–water partition coefficient (Wildman–Crippen LogP) is 5.35. The number of nitrogens with zero attached hydrogens (tertiary/aromatic N) is 1. The van der Waals surface area contributed by atoms with E-state index in [-0.39, 0.29) is 17.3 Å². The molecule has 0 spiro atoms. The molecule has 5 heteroatoms. The maximum absolute atomic E-state index is 12.8.